The second-order valence-electron chi connectivity index (χ2n) is 3.03. The number of quaternary nitrogens is 1. The molecule has 0 aliphatic rings. The lowest BCUT2D eigenvalue weighted by atomic mass is 10.3. The van der Waals surface area contributed by atoms with Gasteiger partial charge in [0.05, 0.1) is 26.7 Å². The molecule has 3 N–H and O–H groups in total. The first-order valence-corrected chi connectivity index (χ1v) is 3.85. The lowest BCUT2D eigenvalue weighted by Gasteiger charge is -2.30. The van der Waals surface area contributed by atoms with E-state index in [1.165, 1.54) is 0 Å². The molecule has 0 atom stereocenters. The second kappa shape index (κ2) is 6.83. The maximum atomic E-state index is 3.73. The van der Waals surface area contributed by atoms with Crippen LogP contribution in [-0.4, -0.2) is 31.2 Å². The quantitative estimate of drug-likeness (QED) is 0.480. The zero-order valence-electron chi connectivity index (χ0n) is 8.13. The molecule has 0 aliphatic heterocycles. The summed E-state index contributed by atoms with van der Waals surface area (Å²) in [5.41, 5.74) is 0. The maximum Gasteiger partial charge on any atom is 0.0973 e. The van der Waals surface area contributed by atoms with Gasteiger partial charge in [-0.2, -0.15) is 0 Å². The van der Waals surface area contributed by atoms with Crippen molar-refractivity contribution in [3.8, 4) is 0 Å². The van der Waals surface area contributed by atoms with Gasteiger partial charge in [-0.1, -0.05) is 19.7 Å². The van der Waals surface area contributed by atoms with Crippen molar-refractivity contribution in [3.63, 3.8) is 0 Å². The van der Waals surface area contributed by atoms with Crippen molar-refractivity contribution < 1.29 is 4.48 Å². The Morgan fingerprint density at radius 3 is 1.33 bits per heavy atom. The predicted octanol–water partition coefficient (Wildman–Crippen LogP) is 2.15. The topological polar surface area (TPSA) is 35.0 Å². The van der Waals surface area contributed by atoms with Gasteiger partial charge in [0, 0.05) is 0 Å². The van der Waals surface area contributed by atoms with E-state index < -0.39 is 0 Å². The molecule has 0 saturated carbocycles. The highest BCUT2D eigenvalue weighted by Gasteiger charge is 2.14. The molecular formula is C10H21N2+. The molecule has 0 rings (SSSR count). The highest BCUT2D eigenvalue weighted by molar-refractivity contribution is 4.74. The molecule has 2 nitrogen and oxygen atoms in total. The summed E-state index contributed by atoms with van der Waals surface area (Å²) < 4.78 is 0.927. The lowest BCUT2D eigenvalue weighted by molar-refractivity contribution is -0.892. The molecule has 0 amide bonds. The predicted molar refractivity (Wildman–Crippen MR) is 56.4 cm³/mol. The maximum absolute atomic E-state index is 3.73. The summed E-state index contributed by atoms with van der Waals surface area (Å²) in [5, 5.41) is 0. The minimum absolute atomic E-state index is 0. The number of hydrogen-bond donors (Lipinski definition) is 1. The van der Waals surface area contributed by atoms with Gasteiger partial charge in [-0.25, -0.2) is 0 Å². The summed E-state index contributed by atoms with van der Waals surface area (Å²) in [6.07, 6.45) is 5.81. The number of hydrogen-bond acceptors (Lipinski definition) is 1. The summed E-state index contributed by atoms with van der Waals surface area (Å²) in [6, 6.07) is 0. The molecule has 0 heterocycles. The van der Waals surface area contributed by atoms with E-state index in [2.05, 4.69) is 26.8 Å². The molecule has 0 aromatic carbocycles. The molecule has 12 heavy (non-hydrogen) atoms. The monoisotopic (exact) mass is 169 g/mol. The van der Waals surface area contributed by atoms with E-state index in [9.17, 15) is 0 Å². The SMILES string of the molecule is C=CC[N+](C)(CC=C)CC=C.N. The van der Waals surface area contributed by atoms with Gasteiger partial charge in [0.15, 0.2) is 0 Å². The second-order valence-corrected chi connectivity index (χ2v) is 3.03. The summed E-state index contributed by atoms with van der Waals surface area (Å²) >= 11 is 0. The highest BCUT2D eigenvalue weighted by atomic mass is 15.3. The van der Waals surface area contributed by atoms with E-state index in [0.717, 1.165) is 24.1 Å². The van der Waals surface area contributed by atoms with Crippen LogP contribution in [0.15, 0.2) is 38.0 Å². The third kappa shape index (κ3) is 4.88. The molecule has 0 aromatic rings. The van der Waals surface area contributed by atoms with Crippen LogP contribution in [0.3, 0.4) is 0 Å². The van der Waals surface area contributed by atoms with Crippen molar-refractivity contribution in [2.45, 2.75) is 0 Å². The molecule has 0 fully saturated rings. The first-order chi connectivity index (χ1) is 5.18. The van der Waals surface area contributed by atoms with Crippen molar-refractivity contribution in [1.29, 1.82) is 0 Å². The Bertz CT molecular complexity index is 123. The normalized spacial score (nSPS) is 9.75. The molecule has 0 unspecified atom stereocenters. The van der Waals surface area contributed by atoms with Gasteiger partial charge in [-0.15, -0.1) is 0 Å². The lowest BCUT2D eigenvalue weighted by Crippen LogP contribution is -2.44. The Kier molecular flexibility index (Phi) is 7.80. The molecule has 0 aliphatic carbocycles. The van der Waals surface area contributed by atoms with Crippen LogP contribution in [-0.2, 0) is 0 Å². The van der Waals surface area contributed by atoms with Gasteiger partial charge in [0.1, 0.15) is 0 Å². The molecule has 0 radical (unpaired) electrons. The van der Waals surface area contributed by atoms with Crippen molar-refractivity contribution in [2.75, 3.05) is 26.7 Å². The Hall–Kier alpha value is -0.860. The van der Waals surface area contributed by atoms with E-state index >= 15 is 0 Å². The van der Waals surface area contributed by atoms with Crippen LogP contribution in [0.1, 0.15) is 0 Å². The molecule has 0 bridgehead atoms. The Labute approximate surface area is 76.1 Å². The van der Waals surface area contributed by atoms with Gasteiger partial charge < -0.3 is 10.6 Å². The van der Waals surface area contributed by atoms with Crippen molar-refractivity contribution >= 4 is 0 Å². The van der Waals surface area contributed by atoms with Crippen molar-refractivity contribution in [3.05, 3.63) is 38.0 Å². The van der Waals surface area contributed by atoms with Crippen LogP contribution in [0.5, 0.6) is 0 Å². The minimum Gasteiger partial charge on any atom is -0.344 e. The smallest absolute Gasteiger partial charge is 0.0973 e. The summed E-state index contributed by atoms with van der Waals surface area (Å²) in [7, 11) is 2.17. The van der Waals surface area contributed by atoms with Crippen LogP contribution in [0.4, 0.5) is 0 Å². The van der Waals surface area contributed by atoms with Crippen LogP contribution in [0.25, 0.3) is 0 Å². The fourth-order valence-corrected chi connectivity index (χ4v) is 1.16. The third-order valence-corrected chi connectivity index (χ3v) is 1.71. The number of likely N-dealkylation sites (N-methyl/N-ethyl adjacent to an activating group) is 1. The van der Waals surface area contributed by atoms with Gasteiger partial charge in [-0.05, 0) is 18.2 Å². The molecule has 0 saturated heterocycles. The third-order valence-electron chi connectivity index (χ3n) is 1.71. The largest absolute Gasteiger partial charge is 0.344 e. The van der Waals surface area contributed by atoms with E-state index in [0.29, 0.717) is 0 Å². The van der Waals surface area contributed by atoms with Crippen LogP contribution < -0.4 is 6.15 Å². The van der Waals surface area contributed by atoms with Gasteiger partial charge in [-0.3, -0.25) is 0 Å². The van der Waals surface area contributed by atoms with Gasteiger partial charge >= 0.3 is 0 Å². The van der Waals surface area contributed by atoms with E-state index in [1.54, 1.807) is 0 Å². The molecule has 0 spiro atoms. The first-order valence-electron chi connectivity index (χ1n) is 3.85. The van der Waals surface area contributed by atoms with Crippen molar-refractivity contribution in [2.24, 2.45) is 0 Å². The van der Waals surface area contributed by atoms with E-state index in [1.807, 2.05) is 18.2 Å². The molecule has 2 heteroatoms. The number of rotatable bonds is 6. The Morgan fingerprint density at radius 1 is 0.917 bits per heavy atom. The zero-order chi connectivity index (χ0) is 8.74. The Balaban J connectivity index is 0. The fraction of sp³-hybridized carbons (Fsp3) is 0.400. The average Bonchev–Trinajstić information content (AvgIpc) is 1.88. The highest BCUT2D eigenvalue weighted by Crippen LogP contribution is 2.01. The average molecular weight is 169 g/mol. The zero-order valence-corrected chi connectivity index (χ0v) is 8.13. The van der Waals surface area contributed by atoms with Crippen LogP contribution in [0, 0.1) is 0 Å². The van der Waals surface area contributed by atoms with Crippen molar-refractivity contribution in [1.82, 2.24) is 6.15 Å². The van der Waals surface area contributed by atoms with Gasteiger partial charge in [0.25, 0.3) is 0 Å². The first kappa shape index (κ1) is 13.7. The standard InChI is InChI=1S/C10H18N.H3N/c1-5-8-11(4,9-6-2)10-7-3;/h5-7H,1-3,8-10H2,4H3;1H3/q+1;. The number of nitrogens with zero attached hydrogens (tertiary/aromatic N) is 1. The summed E-state index contributed by atoms with van der Waals surface area (Å²) in [5.74, 6) is 0. The van der Waals surface area contributed by atoms with E-state index in [4.69, 9.17) is 0 Å². The fourth-order valence-electron chi connectivity index (χ4n) is 1.16. The summed E-state index contributed by atoms with van der Waals surface area (Å²) in [4.78, 5) is 0. The summed E-state index contributed by atoms with van der Waals surface area (Å²) in [6.45, 7) is 14.1. The Morgan fingerprint density at radius 2 is 1.17 bits per heavy atom. The van der Waals surface area contributed by atoms with Crippen LogP contribution >= 0.6 is 0 Å². The molecule has 70 valence electrons. The van der Waals surface area contributed by atoms with Gasteiger partial charge in [0.2, 0.25) is 0 Å². The molecule has 0 aromatic heterocycles. The van der Waals surface area contributed by atoms with E-state index in [-0.39, 0.29) is 6.15 Å². The van der Waals surface area contributed by atoms with Crippen LogP contribution in [0.2, 0.25) is 0 Å². The molecular weight excluding hydrogens is 148 g/mol. The minimum atomic E-state index is 0.